The van der Waals surface area contributed by atoms with Crippen molar-refractivity contribution in [3.63, 3.8) is 0 Å². The summed E-state index contributed by atoms with van der Waals surface area (Å²) in [5, 5.41) is 0. The van der Waals surface area contributed by atoms with Crippen LogP contribution >= 0.6 is 0 Å². The van der Waals surface area contributed by atoms with E-state index in [1.807, 2.05) is 6.07 Å². The molecule has 1 aromatic rings. The Bertz CT molecular complexity index is 555. The molecule has 0 unspecified atom stereocenters. The van der Waals surface area contributed by atoms with E-state index < -0.39 is 0 Å². The molecule has 0 saturated heterocycles. The Balaban J connectivity index is 2.04. The predicted molar refractivity (Wildman–Crippen MR) is 83.3 cm³/mol. The predicted octanol–water partition coefficient (Wildman–Crippen LogP) is 3.00. The summed E-state index contributed by atoms with van der Waals surface area (Å²) in [5.41, 5.74) is 8.49. The number of amides is 1. The van der Waals surface area contributed by atoms with E-state index in [0.29, 0.717) is 12.8 Å². The molecule has 0 atom stereocenters. The van der Waals surface area contributed by atoms with Crippen molar-refractivity contribution in [2.24, 2.45) is 11.1 Å². The highest BCUT2D eigenvalue weighted by Crippen LogP contribution is 2.36. The zero-order chi connectivity index (χ0) is 15.6. The lowest BCUT2D eigenvalue weighted by Gasteiger charge is -2.30. The van der Waals surface area contributed by atoms with E-state index in [1.165, 1.54) is 11.4 Å². The fraction of sp³-hybridized carbons (Fsp3) is 0.647. The normalized spacial score (nSPS) is 16.8. The van der Waals surface area contributed by atoms with Crippen molar-refractivity contribution in [1.82, 2.24) is 4.57 Å². The van der Waals surface area contributed by atoms with Crippen LogP contribution in [0.4, 0.5) is 0 Å². The number of fused-ring (bicyclic) bond motifs is 1. The summed E-state index contributed by atoms with van der Waals surface area (Å²) in [4.78, 5) is 23.0. The minimum Gasteiger partial charge on any atom is -0.370 e. The fourth-order valence-corrected chi connectivity index (χ4v) is 3.26. The first-order valence-electron chi connectivity index (χ1n) is 7.81. The monoisotopic (exact) mass is 290 g/mol. The van der Waals surface area contributed by atoms with Crippen molar-refractivity contribution >= 4 is 11.7 Å². The summed E-state index contributed by atoms with van der Waals surface area (Å²) >= 11 is 0. The second kappa shape index (κ2) is 6.04. The number of ketones is 1. The fourth-order valence-electron chi connectivity index (χ4n) is 3.26. The second-order valence-corrected chi connectivity index (χ2v) is 7.02. The maximum absolute atomic E-state index is 12.3. The number of Topliss-reactive ketones (excluding diaryl/α,β-unsaturated/α-hetero) is 1. The van der Waals surface area contributed by atoms with Crippen LogP contribution in [0.1, 0.15) is 67.7 Å². The number of rotatable bonds is 6. The van der Waals surface area contributed by atoms with E-state index in [9.17, 15) is 9.59 Å². The second-order valence-electron chi connectivity index (χ2n) is 7.02. The Labute approximate surface area is 126 Å². The molecule has 0 radical (unpaired) electrons. The van der Waals surface area contributed by atoms with Crippen molar-refractivity contribution in [2.45, 2.75) is 65.8 Å². The number of unbranched alkanes of at least 4 members (excludes halogenated alkanes) is 2. The minimum atomic E-state index is -0.225. The lowest BCUT2D eigenvalue weighted by atomic mass is 9.76. The number of carbonyl (C=O) groups excluding carboxylic acids is 2. The summed E-state index contributed by atoms with van der Waals surface area (Å²) in [6.07, 6.45) is 4.93. The van der Waals surface area contributed by atoms with Crippen molar-refractivity contribution in [3.8, 4) is 0 Å². The third kappa shape index (κ3) is 3.74. The Morgan fingerprint density at radius 2 is 2.00 bits per heavy atom. The smallest absolute Gasteiger partial charge is 0.217 e. The van der Waals surface area contributed by atoms with Crippen molar-refractivity contribution in [3.05, 3.63) is 23.0 Å². The van der Waals surface area contributed by atoms with Gasteiger partial charge < -0.3 is 10.3 Å². The van der Waals surface area contributed by atoms with Crippen LogP contribution in [0.5, 0.6) is 0 Å². The SMILES string of the molecule is Cc1cc2c(n1CCCCCC(N)=O)CC(C)(C)CC2=O. The topological polar surface area (TPSA) is 65.1 Å². The molecular weight excluding hydrogens is 264 g/mol. The number of nitrogens with zero attached hydrogens (tertiary/aromatic N) is 1. The quantitative estimate of drug-likeness (QED) is 0.818. The van der Waals surface area contributed by atoms with Crippen LogP contribution in [-0.2, 0) is 17.8 Å². The van der Waals surface area contributed by atoms with Gasteiger partial charge in [0.25, 0.3) is 0 Å². The van der Waals surface area contributed by atoms with Crippen molar-refractivity contribution in [1.29, 1.82) is 0 Å². The molecule has 0 fully saturated rings. The lowest BCUT2D eigenvalue weighted by molar-refractivity contribution is -0.118. The van der Waals surface area contributed by atoms with E-state index in [-0.39, 0.29) is 17.1 Å². The van der Waals surface area contributed by atoms with Crippen LogP contribution in [0, 0.1) is 12.3 Å². The molecule has 0 aromatic carbocycles. The third-order valence-electron chi connectivity index (χ3n) is 4.31. The standard InChI is InChI=1S/C17H26N2O2/c1-12-9-13-14(10-17(2,3)11-15(13)20)19(12)8-6-4-5-7-16(18)21/h9H,4-8,10-11H2,1-3H3,(H2,18,21). The average Bonchev–Trinajstić information content (AvgIpc) is 2.65. The Morgan fingerprint density at radius 3 is 2.67 bits per heavy atom. The van der Waals surface area contributed by atoms with E-state index >= 15 is 0 Å². The zero-order valence-corrected chi connectivity index (χ0v) is 13.4. The first kappa shape index (κ1) is 15.8. The van der Waals surface area contributed by atoms with Gasteiger partial charge in [-0.3, -0.25) is 9.59 Å². The van der Waals surface area contributed by atoms with Gasteiger partial charge in [-0.1, -0.05) is 20.3 Å². The van der Waals surface area contributed by atoms with Gasteiger partial charge in [0, 0.05) is 36.3 Å². The Morgan fingerprint density at radius 1 is 1.29 bits per heavy atom. The maximum atomic E-state index is 12.3. The molecule has 0 spiro atoms. The summed E-state index contributed by atoms with van der Waals surface area (Å²) in [6.45, 7) is 7.31. The summed E-state index contributed by atoms with van der Waals surface area (Å²) in [5.74, 6) is 0.0497. The first-order chi connectivity index (χ1) is 9.80. The molecule has 2 N–H and O–H groups in total. The maximum Gasteiger partial charge on any atom is 0.217 e. The average molecular weight is 290 g/mol. The Kier molecular flexibility index (Phi) is 4.55. The minimum absolute atomic E-state index is 0.0542. The molecule has 1 heterocycles. The third-order valence-corrected chi connectivity index (χ3v) is 4.31. The van der Waals surface area contributed by atoms with Crippen LogP contribution in [0.15, 0.2) is 6.07 Å². The molecule has 2 rings (SSSR count). The van der Waals surface area contributed by atoms with E-state index in [1.54, 1.807) is 0 Å². The summed E-state index contributed by atoms with van der Waals surface area (Å²) in [7, 11) is 0. The number of aromatic nitrogens is 1. The highest BCUT2D eigenvalue weighted by atomic mass is 16.1. The van der Waals surface area contributed by atoms with Gasteiger partial charge in [-0.2, -0.15) is 0 Å². The molecule has 4 heteroatoms. The van der Waals surface area contributed by atoms with Gasteiger partial charge >= 0.3 is 0 Å². The van der Waals surface area contributed by atoms with E-state index in [2.05, 4.69) is 25.3 Å². The molecule has 4 nitrogen and oxygen atoms in total. The largest absolute Gasteiger partial charge is 0.370 e. The number of aryl methyl sites for hydroxylation is 1. The van der Waals surface area contributed by atoms with Gasteiger partial charge in [0.15, 0.2) is 5.78 Å². The molecule has 116 valence electrons. The molecule has 1 aliphatic rings. The molecule has 0 aliphatic heterocycles. The van der Waals surface area contributed by atoms with E-state index in [0.717, 1.165) is 37.8 Å². The highest BCUT2D eigenvalue weighted by Gasteiger charge is 2.33. The molecule has 0 bridgehead atoms. The summed E-state index contributed by atoms with van der Waals surface area (Å²) in [6, 6.07) is 2.04. The molecule has 0 saturated carbocycles. The first-order valence-corrected chi connectivity index (χ1v) is 7.81. The van der Waals surface area contributed by atoms with Gasteiger partial charge in [0.2, 0.25) is 5.91 Å². The van der Waals surface area contributed by atoms with Gasteiger partial charge in [0.1, 0.15) is 0 Å². The molecule has 1 amide bonds. The molecule has 1 aliphatic carbocycles. The Hall–Kier alpha value is -1.58. The molecular formula is C17H26N2O2. The van der Waals surface area contributed by atoms with Crippen LogP contribution < -0.4 is 5.73 Å². The highest BCUT2D eigenvalue weighted by molar-refractivity contribution is 5.99. The molecule has 21 heavy (non-hydrogen) atoms. The van der Waals surface area contributed by atoms with Crippen LogP contribution in [-0.4, -0.2) is 16.3 Å². The summed E-state index contributed by atoms with van der Waals surface area (Å²) < 4.78 is 2.29. The van der Waals surface area contributed by atoms with Crippen LogP contribution in [0.25, 0.3) is 0 Å². The van der Waals surface area contributed by atoms with Crippen LogP contribution in [0.3, 0.4) is 0 Å². The number of hydrogen-bond acceptors (Lipinski definition) is 2. The lowest BCUT2D eigenvalue weighted by Crippen LogP contribution is -2.28. The molecule has 1 aromatic heterocycles. The van der Waals surface area contributed by atoms with Gasteiger partial charge in [-0.15, -0.1) is 0 Å². The van der Waals surface area contributed by atoms with Crippen molar-refractivity contribution in [2.75, 3.05) is 0 Å². The van der Waals surface area contributed by atoms with E-state index in [4.69, 9.17) is 5.73 Å². The van der Waals surface area contributed by atoms with Crippen molar-refractivity contribution < 1.29 is 9.59 Å². The number of primary amides is 1. The van der Waals surface area contributed by atoms with Gasteiger partial charge in [-0.25, -0.2) is 0 Å². The number of carbonyl (C=O) groups is 2. The number of nitrogens with two attached hydrogens (primary N) is 1. The van der Waals surface area contributed by atoms with Crippen LogP contribution in [0.2, 0.25) is 0 Å². The number of hydrogen-bond donors (Lipinski definition) is 1. The zero-order valence-electron chi connectivity index (χ0n) is 13.4. The van der Waals surface area contributed by atoms with Gasteiger partial charge in [-0.05, 0) is 37.7 Å². The van der Waals surface area contributed by atoms with Gasteiger partial charge in [0.05, 0.1) is 0 Å².